The summed E-state index contributed by atoms with van der Waals surface area (Å²) in [5.74, 6) is 1.47. The van der Waals surface area contributed by atoms with E-state index in [-0.39, 0.29) is 12.1 Å². The van der Waals surface area contributed by atoms with Crippen molar-refractivity contribution in [3.8, 4) is 11.5 Å². The van der Waals surface area contributed by atoms with E-state index in [1.807, 2.05) is 42.5 Å². The number of likely N-dealkylation sites (N-methyl/N-ethyl adjacent to an activating group) is 1. The lowest BCUT2D eigenvalue weighted by Crippen LogP contribution is -2.43. The number of fused-ring (bicyclic) bond motifs is 1. The van der Waals surface area contributed by atoms with E-state index in [1.165, 1.54) is 12.8 Å². The number of rotatable bonds is 4. The molecule has 1 fully saturated rings. The quantitative estimate of drug-likeness (QED) is 0.897. The van der Waals surface area contributed by atoms with Crippen LogP contribution in [0, 0.1) is 0 Å². The summed E-state index contributed by atoms with van der Waals surface area (Å²) in [5.41, 5.74) is 1.97. The Balaban J connectivity index is 1.34. The maximum Gasteiger partial charge on any atom is 0.321 e. The number of hydrogen-bond acceptors (Lipinski definition) is 4. The van der Waals surface area contributed by atoms with Crippen molar-refractivity contribution in [1.29, 1.82) is 0 Å². The summed E-state index contributed by atoms with van der Waals surface area (Å²) in [6, 6.07) is 15.5. The fourth-order valence-corrected chi connectivity index (χ4v) is 3.52. The van der Waals surface area contributed by atoms with Crippen LogP contribution in [0.1, 0.15) is 12.8 Å². The smallest absolute Gasteiger partial charge is 0.321 e. The van der Waals surface area contributed by atoms with E-state index in [4.69, 9.17) is 9.47 Å². The van der Waals surface area contributed by atoms with E-state index >= 15 is 0 Å². The fraction of sp³-hybridized carbons (Fsp3) is 0.381. The van der Waals surface area contributed by atoms with Gasteiger partial charge in [0.2, 0.25) is 0 Å². The van der Waals surface area contributed by atoms with Crippen LogP contribution in [0.25, 0.3) is 0 Å². The van der Waals surface area contributed by atoms with E-state index in [1.54, 1.807) is 11.9 Å². The van der Waals surface area contributed by atoms with Crippen molar-refractivity contribution in [1.82, 2.24) is 4.90 Å². The van der Waals surface area contributed by atoms with Gasteiger partial charge >= 0.3 is 6.03 Å². The van der Waals surface area contributed by atoms with Gasteiger partial charge < -0.3 is 24.6 Å². The van der Waals surface area contributed by atoms with Gasteiger partial charge in [0, 0.05) is 31.5 Å². The van der Waals surface area contributed by atoms with Gasteiger partial charge in [-0.3, -0.25) is 0 Å². The predicted octanol–water partition coefficient (Wildman–Crippen LogP) is 3.59. The van der Waals surface area contributed by atoms with Crippen molar-refractivity contribution in [2.75, 3.05) is 43.5 Å². The third kappa shape index (κ3) is 4.10. The standard InChI is InChI=1S/C21H25N3O3/c1-23(14-18-15-26-19-9-2-3-10-20(19)27-18)21(25)22-16-7-6-8-17(13-16)24-11-4-5-12-24/h2-3,6-10,13,18H,4-5,11-12,14-15H2,1H3,(H,22,25). The predicted molar refractivity (Wildman–Crippen MR) is 106 cm³/mol. The molecule has 1 N–H and O–H groups in total. The molecule has 0 aromatic heterocycles. The zero-order chi connectivity index (χ0) is 18.6. The molecule has 0 saturated carbocycles. The van der Waals surface area contributed by atoms with E-state index in [0.717, 1.165) is 36.0 Å². The Morgan fingerprint density at radius 2 is 1.93 bits per heavy atom. The number of para-hydroxylation sites is 2. The number of anilines is 2. The lowest BCUT2D eigenvalue weighted by atomic mass is 10.2. The van der Waals surface area contributed by atoms with Crippen LogP contribution in [-0.2, 0) is 0 Å². The first-order valence-electron chi connectivity index (χ1n) is 9.45. The molecule has 6 nitrogen and oxygen atoms in total. The number of carbonyl (C=O) groups excluding carboxylic acids is 1. The Labute approximate surface area is 159 Å². The van der Waals surface area contributed by atoms with Crippen molar-refractivity contribution in [3.63, 3.8) is 0 Å². The highest BCUT2D eigenvalue weighted by Crippen LogP contribution is 2.31. The Bertz CT molecular complexity index is 805. The van der Waals surface area contributed by atoms with Crippen LogP contribution < -0.4 is 19.7 Å². The zero-order valence-electron chi connectivity index (χ0n) is 15.6. The van der Waals surface area contributed by atoms with Gasteiger partial charge in [0.05, 0.1) is 6.54 Å². The molecule has 0 radical (unpaired) electrons. The third-order valence-corrected chi connectivity index (χ3v) is 4.96. The minimum absolute atomic E-state index is 0.156. The summed E-state index contributed by atoms with van der Waals surface area (Å²) in [5, 5.41) is 2.98. The topological polar surface area (TPSA) is 54.0 Å². The fourth-order valence-electron chi connectivity index (χ4n) is 3.52. The highest BCUT2D eigenvalue weighted by Gasteiger charge is 2.24. The van der Waals surface area contributed by atoms with Crippen LogP contribution in [0.2, 0.25) is 0 Å². The summed E-state index contributed by atoms with van der Waals surface area (Å²) in [6.45, 7) is 3.04. The summed E-state index contributed by atoms with van der Waals surface area (Å²) >= 11 is 0. The van der Waals surface area contributed by atoms with Crippen molar-refractivity contribution >= 4 is 17.4 Å². The van der Waals surface area contributed by atoms with Gasteiger partial charge in [-0.05, 0) is 43.2 Å². The third-order valence-electron chi connectivity index (χ3n) is 4.96. The first-order valence-corrected chi connectivity index (χ1v) is 9.45. The Morgan fingerprint density at radius 1 is 1.15 bits per heavy atom. The molecule has 2 aliphatic heterocycles. The second-order valence-corrected chi connectivity index (χ2v) is 7.05. The average molecular weight is 367 g/mol. The van der Waals surface area contributed by atoms with E-state index in [9.17, 15) is 4.79 Å². The van der Waals surface area contributed by atoms with Gasteiger partial charge in [-0.1, -0.05) is 18.2 Å². The number of urea groups is 1. The number of amides is 2. The van der Waals surface area contributed by atoms with Crippen molar-refractivity contribution < 1.29 is 14.3 Å². The maximum atomic E-state index is 12.6. The highest BCUT2D eigenvalue weighted by atomic mass is 16.6. The van der Waals surface area contributed by atoms with Crippen LogP contribution >= 0.6 is 0 Å². The van der Waals surface area contributed by atoms with Crippen molar-refractivity contribution in [2.24, 2.45) is 0 Å². The first-order chi connectivity index (χ1) is 13.2. The SMILES string of the molecule is CN(CC1COc2ccccc2O1)C(=O)Nc1cccc(N2CCCC2)c1. The maximum absolute atomic E-state index is 12.6. The van der Waals surface area contributed by atoms with Gasteiger partial charge in [0.25, 0.3) is 0 Å². The lowest BCUT2D eigenvalue weighted by molar-refractivity contribution is 0.0731. The molecule has 6 heteroatoms. The van der Waals surface area contributed by atoms with Gasteiger partial charge in [-0.15, -0.1) is 0 Å². The number of nitrogens with zero attached hydrogens (tertiary/aromatic N) is 2. The van der Waals surface area contributed by atoms with Crippen LogP contribution in [0.4, 0.5) is 16.2 Å². The molecular formula is C21H25N3O3. The molecule has 142 valence electrons. The molecule has 2 aliphatic rings. The number of nitrogens with one attached hydrogen (secondary N) is 1. The molecule has 1 unspecified atom stereocenters. The zero-order valence-corrected chi connectivity index (χ0v) is 15.6. The molecule has 1 saturated heterocycles. The molecule has 2 heterocycles. The molecule has 2 aromatic carbocycles. The van der Waals surface area contributed by atoms with Crippen molar-refractivity contribution in [2.45, 2.75) is 18.9 Å². The van der Waals surface area contributed by atoms with Gasteiger partial charge in [-0.25, -0.2) is 4.79 Å². The largest absolute Gasteiger partial charge is 0.486 e. The van der Waals surface area contributed by atoms with Crippen LogP contribution in [0.15, 0.2) is 48.5 Å². The number of carbonyl (C=O) groups is 1. The summed E-state index contributed by atoms with van der Waals surface area (Å²) in [6.07, 6.45) is 2.27. The normalized spacial score (nSPS) is 18.3. The van der Waals surface area contributed by atoms with Crippen LogP contribution in [0.5, 0.6) is 11.5 Å². The molecule has 27 heavy (non-hydrogen) atoms. The minimum Gasteiger partial charge on any atom is -0.486 e. The molecule has 1 atom stereocenters. The lowest BCUT2D eigenvalue weighted by Gasteiger charge is -2.29. The summed E-state index contributed by atoms with van der Waals surface area (Å²) < 4.78 is 11.7. The number of ether oxygens (including phenoxy) is 2. The van der Waals surface area contributed by atoms with Gasteiger partial charge in [-0.2, -0.15) is 0 Å². The molecular weight excluding hydrogens is 342 g/mol. The highest BCUT2D eigenvalue weighted by molar-refractivity contribution is 5.89. The molecule has 2 amide bonds. The second-order valence-electron chi connectivity index (χ2n) is 7.05. The van der Waals surface area contributed by atoms with E-state index in [2.05, 4.69) is 16.3 Å². The Morgan fingerprint density at radius 3 is 2.74 bits per heavy atom. The van der Waals surface area contributed by atoms with Crippen LogP contribution in [0.3, 0.4) is 0 Å². The second kappa shape index (κ2) is 7.78. The van der Waals surface area contributed by atoms with E-state index in [0.29, 0.717) is 13.2 Å². The molecule has 0 aliphatic carbocycles. The Kier molecular flexibility index (Phi) is 5.05. The number of benzene rings is 2. The number of hydrogen-bond donors (Lipinski definition) is 1. The monoisotopic (exact) mass is 367 g/mol. The van der Waals surface area contributed by atoms with E-state index < -0.39 is 0 Å². The van der Waals surface area contributed by atoms with Gasteiger partial charge in [0.1, 0.15) is 6.61 Å². The summed E-state index contributed by atoms with van der Waals surface area (Å²) in [4.78, 5) is 16.5. The molecule has 0 bridgehead atoms. The minimum atomic E-state index is -0.188. The molecule has 0 spiro atoms. The summed E-state index contributed by atoms with van der Waals surface area (Å²) in [7, 11) is 1.77. The average Bonchev–Trinajstić information content (AvgIpc) is 3.23. The molecule has 4 rings (SSSR count). The van der Waals surface area contributed by atoms with Gasteiger partial charge in [0.15, 0.2) is 17.6 Å². The molecule has 2 aromatic rings. The van der Waals surface area contributed by atoms with Crippen molar-refractivity contribution in [3.05, 3.63) is 48.5 Å². The Hall–Kier alpha value is -2.89. The first kappa shape index (κ1) is 17.5. The van der Waals surface area contributed by atoms with Crippen LogP contribution in [-0.4, -0.2) is 50.3 Å².